The van der Waals surface area contributed by atoms with E-state index in [9.17, 15) is 22.4 Å². The molecule has 0 aliphatic carbocycles. The minimum Gasteiger partial charge on any atom is -0.471 e. The summed E-state index contributed by atoms with van der Waals surface area (Å²) in [6, 6.07) is 2.51. The van der Waals surface area contributed by atoms with Gasteiger partial charge in [-0.2, -0.15) is 8.78 Å². The number of hydrogen-bond acceptors (Lipinski definition) is 4. The topological polar surface area (TPSA) is 63.2 Å². The molecule has 0 atom stereocenters. The molecule has 23 heavy (non-hydrogen) atoms. The van der Waals surface area contributed by atoms with Crippen molar-refractivity contribution in [2.75, 3.05) is 26.2 Å². The first-order chi connectivity index (χ1) is 10.4. The average Bonchev–Trinajstić information content (AvgIpc) is 2.44. The molecule has 1 aliphatic heterocycles. The first-order valence-electron chi connectivity index (χ1n) is 6.62. The summed E-state index contributed by atoms with van der Waals surface area (Å²) in [5.74, 6) is -4.44. The Morgan fingerprint density at radius 3 is 2.61 bits per heavy atom. The second-order valence-corrected chi connectivity index (χ2v) is 4.97. The molecule has 0 spiro atoms. The number of rotatable bonds is 7. The van der Waals surface area contributed by atoms with Crippen molar-refractivity contribution < 1.29 is 27.1 Å². The van der Waals surface area contributed by atoms with E-state index in [1.165, 1.54) is 12.1 Å². The lowest BCUT2D eigenvalue weighted by molar-refractivity contribution is -0.148. The molecule has 1 aliphatic rings. The van der Waals surface area contributed by atoms with Crippen LogP contribution in [-0.4, -0.2) is 49.5 Å². The van der Waals surface area contributed by atoms with Crippen LogP contribution in [0.5, 0.6) is 5.88 Å². The second kappa shape index (κ2) is 8.30. The zero-order valence-electron chi connectivity index (χ0n) is 11.9. The highest BCUT2D eigenvalue weighted by Crippen LogP contribution is 2.23. The molecule has 0 unspecified atom stereocenters. The van der Waals surface area contributed by atoms with E-state index in [0.29, 0.717) is 12.5 Å². The van der Waals surface area contributed by atoms with Crippen molar-refractivity contribution in [3.8, 4) is 5.88 Å². The van der Waals surface area contributed by atoms with Crippen molar-refractivity contribution in [3.63, 3.8) is 0 Å². The van der Waals surface area contributed by atoms with Crippen molar-refractivity contribution in [1.82, 2.24) is 15.6 Å². The summed E-state index contributed by atoms with van der Waals surface area (Å²) in [5.41, 5.74) is 0.236. The van der Waals surface area contributed by atoms with Gasteiger partial charge in [0.2, 0.25) is 5.88 Å². The summed E-state index contributed by atoms with van der Waals surface area (Å²) in [4.78, 5) is 15.4. The van der Waals surface area contributed by atoms with Crippen molar-refractivity contribution >= 4 is 18.3 Å². The standard InChI is InChI=1S/C13H15F4N3O2.ClH/c14-12(15)13(16,17)7-22-10-2-1-9(6-19-10)11(21)20-5-8-3-18-4-8;/h1-2,6,8,12,18H,3-5,7H2,(H,20,21);1H. The zero-order valence-corrected chi connectivity index (χ0v) is 12.7. The molecular formula is C13H16ClF4N3O2. The number of nitrogens with one attached hydrogen (secondary N) is 2. The number of carbonyl (C=O) groups excluding carboxylic acids is 1. The minimum atomic E-state index is -4.24. The third-order valence-electron chi connectivity index (χ3n) is 3.15. The van der Waals surface area contributed by atoms with Crippen LogP contribution in [0.1, 0.15) is 10.4 Å². The van der Waals surface area contributed by atoms with E-state index in [0.717, 1.165) is 19.3 Å². The van der Waals surface area contributed by atoms with E-state index in [4.69, 9.17) is 0 Å². The van der Waals surface area contributed by atoms with Crippen molar-refractivity contribution in [2.45, 2.75) is 12.3 Å². The molecule has 1 aromatic heterocycles. The lowest BCUT2D eigenvalue weighted by atomic mass is 10.0. The lowest BCUT2D eigenvalue weighted by Gasteiger charge is -2.27. The van der Waals surface area contributed by atoms with Crippen LogP contribution in [0.15, 0.2) is 18.3 Å². The molecule has 0 radical (unpaired) electrons. The fraction of sp³-hybridized carbons (Fsp3) is 0.538. The number of halogens is 5. The highest BCUT2D eigenvalue weighted by molar-refractivity contribution is 5.93. The zero-order chi connectivity index (χ0) is 16.2. The Morgan fingerprint density at radius 2 is 2.13 bits per heavy atom. The molecule has 0 saturated carbocycles. The van der Waals surface area contributed by atoms with Crippen LogP contribution in [0, 0.1) is 5.92 Å². The Kier molecular flexibility index (Phi) is 7.01. The monoisotopic (exact) mass is 357 g/mol. The van der Waals surface area contributed by atoms with Gasteiger partial charge in [-0.25, -0.2) is 13.8 Å². The van der Waals surface area contributed by atoms with E-state index >= 15 is 0 Å². The van der Waals surface area contributed by atoms with Crippen molar-refractivity contribution in [2.24, 2.45) is 5.92 Å². The predicted octanol–water partition coefficient (Wildman–Crippen LogP) is 1.73. The van der Waals surface area contributed by atoms with E-state index in [1.807, 2.05) is 0 Å². The normalized spacial score (nSPS) is 14.8. The molecule has 1 amide bonds. The van der Waals surface area contributed by atoms with Gasteiger partial charge in [0.1, 0.15) is 0 Å². The quantitative estimate of drug-likeness (QED) is 0.730. The van der Waals surface area contributed by atoms with Gasteiger partial charge in [-0.3, -0.25) is 4.79 Å². The molecule has 5 nitrogen and oxygen atoms in total. The van der Waals surface area contributed by atoms with Crippen LogP contribution in [-0.2, 0) is 0 Å². The van der Waals surface area contributed by atoms with Gasteiger partial charge in [0.05, 0.1) is 5.56 Å². The lowest BCUT2D eigenvalue weighted by Crippen LogP contribution is -2.48. The summed E-state index contributed by atoms with van der Waals surface area (Å²) in [6.45, 7) is 0.760. The molecule has 0 bridgehead atoms. The smallest absolute Gasteiger partial charge is 0.340 e. The number of ether oxygens (including phenoxy) is 1. The third kappa shape index (κ3) is 5.51. The summed E-state index contributed by atoms with van der Waals surface area (Å²) < 4.78 is 53.8. The number of carbonyl (C=O) groups is 1. The van der Waals surface area contributed by atoms with Crippen LogP contribution in [0.4, 0.5) is 17.6 Å². The van der Waals surface area contributed by atoms with E-state index in [1.54, 1.807) is 0 Å². The van der Waals surface area contributed by atoms with Gasteiger partial charge < -0.3 is 15.4 Å². The third-order valence-corrected chi connectivity index (χ3v) is 3.15. The first kappa shape index (κ1) is 19.4. The average molecular weight is 358 g/mol. The molecule has 10 heteroatoms. The summed E-state index contributed by atoms with van der Waals surface area (Å²) >= 11 is 0. The van der Waals surface area contributed by atoms with Crippen molar-refractivity contribution in [3.05, 3.63) is 23.9 Å². The predicted molar refractivity (Wildman–Crippen MR) is 76.6 cm³/mol. The number of nitrogens with zero attached hydrogens (tertiary/aromatic N) is 1. The molecular weight excluding hydrogens is 342 g/mol. The highest BCUT2D eigenvalue weighted by atomic mass is 35.5. The molecule has 2 heterocycles. The fourth-order valence-corrected chi connectivity index (χ4v) is 1.67. The van der Waals surface area contributed by atoms with E-state index in [-0.39, 0.29) is 29.8 Å². The van der Waals surface area contributed by atoms with Crippen LogP contribution in [0.2, 0.25) is 0 Å². The Balaban J connectivity index is 0.00000264. The molecule has 2 N–H and O–H groups in total. The van der Waals surface area contributed by atoms with Gasteiger partial charge in [-0.05, 0) is 6.07 Å². The number of alkyl halides is 4. The maximum atomic E-state index is 12.7. The minimum absolute atomic E-state index is 0. The van der Waals surface area contributed by atoms with Gasteiger partial charge in [0, 0.05) is 37.8 Å². The summed E-state index contributed by atoms with van der Waals surface area (Å²) in [5, 5.41) is 5.78. The maximum absolute atomic E-state index is 12.7. The van der Waals surface area contributed by atoms with E-state index < -0.39 is 19.0 Å². The molecule has 1 aromatic rings. The SMILES string of the molecule is Cl.O=C(NCC1CNC1)c1ccc(OCC(F)(F)C(F)F)nc1. The number of pyridine rings is 1. The fourth-order valence-electron chi connectivity index (χ4n) is 1.67. The number of hydrogen-bond donors (Lipinski definition) is 2. The Hall–Kier alpha value is -1.61. The molecule has 1 fully saturated rings. The van der Waals surface area contributed by atoms with Gasteiger partial charge in [0.15, 0.2) is 6.61 Å². The highest BCUT2D eigenvalue weighted by Gasteiger charge is 2.41. The number of amides is 1. The van der Waals surface area contributed by atoms with Gasteiger partial charge in [0.25, 0.3) is 5.91 Å². The largest absolute Gasteiger partial charge is 0.471 e. The van der Waals surface area contributed by atoms with Crippen LogP contribution < -0.4 is 15.4 Å². The van der Waals surface area contributed by atoms with E-state index in [2.05, 4.69) is 20.4 Å². The molecule has 2 rings (SSSR count). The maximum Gasteiger partial charge on any atom is 0.340 e. The van der Waals surface area contributed by atoms with Gasteiger partial charge >= 0.3 is 12.3 Å². The molecule has 130 valence electrons. The Bertz CT molecular complexity index is 512. The molecule has 0 aromatic carbocycles. The second-order valence-electron chi connectivity index (χ2n) is 4.97. The van der Waals surface area contributed by atoms with Crippen LogP contribution in [0.3, 0.4) is 0 Å². The summed E-state index contributed by atoms with van der Waals surface area (Å²) in [6.07, 6.45) is -2.66. The van der Waals surface area contributed by atoms with Crippen LogP contribution >= 0.6 is 12.4 Å². The van der Waals surface area contributed by atoms with Gasteiger partial charge in [-0.1, -0.05) is 0 Å². The van der Waals surface area contributed by atoms with Gasteiger partial charge in [-0.15, -0.1) is 12.4 Å². The Morgan fingerprint density at radius 1 is 1.43 bits per heavy atom. The Labute approximate surface area is 136 Å². The first-order valence-corrected chi connectivity index (χ1v) is 6.62. The number of aromatic nitrogens is 1. The van der Waals surface area contributed by atoms with Crippen molar-refractivity contribution in [1.29, 1.82) is 0 Å². The summed E-state index contributed by atoms with van der Waals surface area (Å²) in [7, 11) is 0. The molecule has 1 saturated heterocycles. The van der Waals surface area contributed by atoms with Crippen LogP contribution in [0.25, 0.3) is 0 Å².